The quantitative estimate of drug-likeness (QED) is 0.645. The summed E-state index contributed by atoms with van der Waals surface area (Å²) in [5.41, 5.74) is 0.916. The van der Waals surface area contributed by atoms with E-state index in [0.29, 0.717) is 31.0 Å². The number of sulfonamides is 1. The van der Waals surface area contributed by atoms with Gasteiger partial charge in [0.25, 0.3) is 0 Å². The largest absolute Gasteiger partial charge is 0.352 e. The minimum Gasteiger partial charge on any atom is -0.352 e. The molecule has 0 spiro atoms. The number of rotatable bonds is 10. The molecule has 1 saturated heterocycles. The predicted molar refractivity (Wildman–Crippen MR) is 99.7 cm³/mol. The second-order valence-corrected chi connectivity index (χ2v) is 8.63. The molecule has 0 aromatic heterocycles. The Morgan fingerprint density at radius 2 is 1.68 bits per heavy atom. The molecule has 0 radical (unpaired) electrons. The Kier molecular flexibility index (Phi) is 7.90. The standard InChI is InChI=1S/C19H30N2O3S/c1-2-3-4-5-6-9-19(22)20-16-17-10-12-18(13-11-17)25(23,24)21-14-7-8-15-21/h10-13H,2-9,14-16H2,1H3,(H,20,22). The molecule has 0 saturated carbocycles. The lowest BCUT2D eigenvalue weighted by Crippen LogP contribution is -2.27. The van der Waals surface area contributed by atoms with Crippen LogP contribution in [0.15, 0.2) is 29.2 Å². The summed E-state index contributed by atoms with van der Waals surface area (Å²) >= 11 is 0. The maximum absolute atomic E-state index is 12.5. The molecule has 140 valence electrons. The molecule has 0 aliphatic carbocycles. The van der Waals surface area contributed by atoms with Crippen LogP contribution in [0.2, 0.25) is 0 Å². The van der Waals surface area contributed by atoms with Crippen LogP contribution in [-0.2, 0) is 21.4 Å². The topological polar surface area (TPSA) is 66.5 Å². The maximum Gasteiger partial charge on any atom is 0.243 e. The third-order valence-electron chi connectivity index (χ3n) is 4.62. The average molecular weight is 367 g/mol. The highest BCUT2D eigenvalue weighted by Gasteiger charge is 2.26. The molecule has 1 heterocycles. The Labute approximate surface area is 151 Å². The molecule has 0 unspecified atom stereocenters. The minimum absolute atomic E-state index is 0.0604. The van der Waals surface area contributed by atoms with Crippen LogP contribution in [0.1, 0.15) is 63.9 Å². The molecule has 1 aromatic rings. The van der Waals surface area contributed by atoms with Gasteiger partial charge < -0.3 is 5.32 Å². The second-order valence-electron chi connectivity index (χ2n) is 6.70. The molecule has 25 heavy (non-hydrogen) atoms. The fourth-order valence-corrected chi connectivity index (χ4v) is 4.55. The summed E-state index contributed by atoms with van der Waals surface area (Å²) in [5.74, 6) is 0.0604. The monoisotopic (exact) mass is 366 g/mol. The number of nitrogens with one attached hydrogen (secondary N) is 1. The van der Waals surface area contributed by atoms with Gasteiger partial charge in [0.2, 0.25) is 15.9 Å². The summed E-state index contributed by atoms with van der Waals surface area (Å²) in [7, 11) is -3.36. The third kappa shape index (κ3) is 6.12. The molecule has 1 fully saturated rings. The van der Waals surface area contributed by atoms with Crippen LogP contribution in [0.4, 0.5) is 0 Å². The van der Waals surface area contributed by atoms with Crippen molar-refractivity contribution in [3.63, 3.8) is 0 Å². The molecule has 2 rings (SSSR count). The fraction of sp³-hybridized carbons (Fsp3) is 0.632. The van der Waals surface area contributed by atoms with Crippen molar-refractivity contribution in [1.82, 2.24) is 9.62 Å². The lowest BCUT2D eigenvalue weighted by Gasteiger charge is -2.15. The van der Waals surface area contributed by atoms with Gasteiger partial charge in [0.15, 0.2) is 0 Å². The molecular formula is C19H30N2O3S. The van der Waals surface area contributed by atoms with E-state index in [9.17, 15) is 13.2 Å². The van der Waals surface area contributed by atoms with E-state index in [0.717, 1.165) is 31.2 Å². The molecule has 1 aliphatic heterocycles. The first kappa shape index (κ1) is 19.9. The zero-order valence-electron chi connectivity index (χ0n) is 15.2. The minimum atomic E-state index is -3.36. The molecule has 6 heteroatoms. The van der Waals surface area contributed by atoms with Crippen LogP contribution in [0.5, 0.6) is 0 Å². The van der Waals surface area contributed by atoms with Gasteiger partial charge in [0.05, 0.1) is 4.90 Å². The molecule has 1 amide bonds. The first-order valence-electron chi connectivity index (χ1n) is 9.40. The van der Waals surface area contributed by atoms with E-state index in [2.05, 4.69) is 12.2 Å². The Morgan fingerprint density at radius 1 is 1.04 bits per heavy atom. The van der Waals surface area contributed by atoms with Crippen LogP contribution < -0.4 is 5.32 Å². The number of carbonyl (C=O) groups is 1. The van der Waals surface area contributed by atoms with Crippen LogP contribution in [0.25, 0.3) is 0 Å². The maximum atomic E-state index is 12.5. The van der Waals surface area contributed by atoms with Crippen molar-refractivity contribution >= 4 is 15.9 Å². The van der Waals surface area contributed by atoms with E-state index in [-0.39, 0.29) is 5.91 Å². The summed E-state index contributed by atoms with van der Waals surface area (Å²) in [6.07, 6.45) is 8.08. The first-order chi connectivity index (χ1) is 12.0. The summed E-state index contributed by atoms with van der Waals surface area (Å²) in [4.78, 5) is 12.2. The lowest BCUT2D eigenvalue weighted by atomic mass is 10.1. The highest BCUT2D eigenvalue weighted by atomic mass is 32.2. The normalized spacial score (nSPS) is 15.4. The zero-order chi connectivity index (χ0) is 18.1. The number of nitrogens with zero attached hydrogens (tertiary/aromatic N) is 1. The number of benzene rings is 1. The van der Waals surface area contributed by atoms with Gasteiger partial charge >= 0.3 is 0 Å². The van der Waals surface area contributed by atoms with Gasteiger partial charge in [-0.25, -0.2) is 8.42 Å². The van der Waals surface area contributed by atoms with E-state index in [1.54, 1.807) is 28.6 Å². The molecule has 1 aromatic carbocycles. The smallest absolute Gasteiger partial charge is 0.243 e. The molecule has 1 aliphatic rings. The van der Waals surface area contributed by atoms with Crippen molar-refractivity contribution in [2.45, 2.75) is 69.7 Å². The van der Waals surface area contributed by atoms with E-state index in [1.165, 1.54) is 19.3 Å². The first-order valence-corrected chi connectivity index (χ1v) is 10.8. The fourth-order valence-electron chi connectivity index (χ4n) is 3.03. The van der Waals surface area contributed by atoms with Crippen LogP contribution in [-0.4, -0.2) is 31.7 Å². The molecule has 0 bridgehead atoms. The number of hydrogen-bond donors (Lipinski definition) is 1. The van der Waals surface area contributed by atoms with E-state index in [4.69, 9.17) is 0 Å². The highest BCUT2D eigenvalue weighted by molar-refractivity contribution is 7.89. The van der Waals surface area contributed by atoms with E-state index < -0.39 is 10.0 Å². The Hall–Kier alpha value is -1.40. The van der Waals surface area contributed by atoms with E-state index in [1.807, 2.05) is 0 Å². The summed E-state index contributed by atoms with van der Waals surface area (Å²) in [6.45, 7) is 3.84. The van der Waals surface area contributed by atoms with Crippen molar-refractivity contribution in [3.05, 3.63) is 29.8 Å². The van der Waals surface area contributed by atoms with Crippen molar-refractivity contribution in [3.8, 4) is 0 Å². The van der Waals surface area contributed by atoms with Gasteiger partial charge in [0, 0.05) is 26.1 Å². The predicted octanol–water partition coefficient (Wildman–Crippen LogP) is 3.45. The van der Waals surface area contributed by atoms with Gasteiger partial charge in [-0.2, -0.15) is 4.31 Å². The van der Waals surface area contributed by atoms with Crippen molar-refractivity contribution in [2.24, 2.45) is 0 Å². The summed E-state index contributed by atoms with van der Waals surface area (Å²) < 4.78 is 26.5. The second kappa shape index (κ2) is 9.92. The van der Waals surface area contributed by atoms with Gasteiger partial charge in [-0.1, -0.05) is 44.7 Å². The summed E-state index contributed by atoms with van der Waals surface area (Å²) in [6, 6.07) is 6.84. The van der Waals surface area contributed by atoms with Crippen molar-refractivity contribution < 1.29 is 13.2 Å². The average Bonchev–Trinajstić information content (AvgIpc) is 3.16. The number of carbonyl (C=O) groups excluding carboxylic acids is 1. The van der Waals surface area contributed by atoms with Gasteiger partial charge in [-0.05, 0) is 37.0 Å². The Balaban J connectivity index is 1.77. The van der Waals surface area contributed by atoms with E-state index >= 15 is 0 Å². The molecule has 1 N–H and O–H groups in total. The zero-order valence-corrected chi connectivity index (χ0v) is 16.0. The number of amides is 1. The summed E-state index contributed by atoms with van der Waals surface area (Å²) in [5, 5.41) is 2.90. The third-order valence-corrected chi connectivity index (χ3v) is 6.54. The van der Waals surface area contributed by atoms with Gasteiger partial charge in [0.1, 0.15) is 0 Å². The Morgan fingerprint density at radius 3 is 2.32 bits per heavy atom. The SMILES string of the molecule is CCCCCCCC(=O)NCc1ccc(S(=O)(=O)N2CCCC2)cc1. The van der Waals surface area contributed by atoms with Crippen LogP contribution in [0, 0.1) is 0 Å². The highest BCUT2D eigenvalue weighted by Crippen LogP contribution is 2.21. The lowest BCUT2D eigenvalue weighted by molar-refractivity contribution is -0.121. The number of unbranched alkanes of at least 4 members (excludes halogenated alkanes) is 4. The molecule has 5 nitrogen and oxygen atoms in total. The van der Waals surface area contributed by atoms with Crippen LogP contribution >= 0.6 is 0 Å². The van der Waals surface area contributed by atoms with Gasteiger partial charge in [-0.15, -0.1) is 0 Å². The van der Waals surface area contributed by atoms with Crippen LogP contribution in [0.3, 0.4) is 0 Å². The number of hydrogen-bond acceptors (Lipinski definition) is 3. The molecular weight excluding hydrogens is 336 g/mol. The molecule has 0 atom stereocenters. The van der Waals surface area contributed by atoms with Crippen molar-refractivity contribution in [2.75, 3.05) is 13.1 Å². The Bertz CT molecular complexity index is 635. The van der Waals surface area contributed by atoms with Crippen molar-refractivity contribution in [1.29, 1.82) is 0 Å². The van der Waals surface area contributed by atoms with Gasteiger partial charge in [-0.3, -0.25) is 4.79 Å².